The van der Waals surface area contributed by atoms with Crippen LogP contribution in [0.1, 0.15) is 31.7 Å². The average Bonchev–Trinajstić information content (AvgIpc) is 2.40. The van der Waals surface area contributed by atoms with Crippen LogP contribution in [0.2, 0.25) is 0 Å². The Kier molecular flexibility index (Phi) is 3.84. The molecule has 2 rings (SSSR count). The van der Waals surface area contributed by atoms with Gasteiger partial charge in [-0.15, -0.1) is 0 Å². The molecule has 0 spiro atoms. The summed E-state index contributed by atoms with van der Waals surface area (Å²) in [5.41, 5.74) is 2.45. The highest BCUT2D eigenvalue weighted by molar-refractivity contribution is 14.1. The molecule has 0 saturated heterocycles. The van der Waals surface area contributed by atoms with E-state index in [4.69, 9.17) is 0 Å². The van der Waals surface area contributed by atoms with E-state index in [0.29, 0.717) is 6.42 Å². The Morgan fingerprint density at radius 1 is 1.38 bits per heavy atom. The van der Waals surface area contributed by atoms with Crippen LogP contribution in [0.25, 0.3) is 0 Å². The second kappa shape index (κ2) is 5.17. The Balaban J connectivity index is 2.41. The van der Waals surface area contributed by atoms with Gasteiger partial charge >= 0.3 is 0 Å². The molecule has 1 aliphatic rings. The van der Waals surface area contributed by atoms with E-state index < -0.39 is 0 Å². The van der Waals surface area contributed by atoms with Crippen LogP contribution in [-0.2, 0) is 11.2 Å². The predicted octanol–water partition coefficient (Wildman–Crippen LogP) is 3.37. The smallest absolute Gasteiger partial charge is 0.226 e. The molecule has 0 radical (unpaired) electrons. The lowest BCUT2D eigenvalue weighted by molar-refractivity contribution is -0.118. The minimum atomic E-state index is 0.279. The molecule has 0 atom stereocenters. The highest BCUT2D eigenvalue weighted by Crippen LogP contribution is 2.28. The predicted molar refractivity (Wildman–Crippen MR) is 74.7 cm³/mol. The second-order valence-electron chi connectivity index (χ2n) is 4.17. The van der Waals surface area contributed by atoms with Gasteiger partial charge in [0, 0.05) is 22.2 Å². The molecule has 16 heavy (non-hydrogen) atoms. The Bertz CT molecular complexity index is 403. The quantitative estimate of drug-likeness (QED) is 0.762. The minimum Gasteiger partial charge on any atom is -0.312 e. The lowest BCUT2D eigenvalue weighted by Crippen LogP contribution is -2.30. The fourth-order valence-corrected chi connectivity index (χ4v) is 2.74. The monoisotopic (exact) mass is 329 g/mol. The van der Waals surface area contributed by atoms with Crippen LogP contribution < -0.4 is 4.90 Å². The van der Waals surface area contributed by atoms with Crippen molar-refractivity contribution in [2.24, 2.45) is 0 Å². The van der Waals surface area contributed by atoms with E-state index in [9.17, 15) is 4.79 Å². The number of hydrogen-bond acceptors (Lipinski definition) is 1. The summed E-state index contributed by atoms with van der Waals surface area (Å²) in [5.74, 6) is 0.279. The van der Waals surface area contributed by atoms with Crippen LogP contribution >= 0.6 is 22.6 Å². The van der Waals surface area contributed by atoms with E-state index in [0.717, 1.165) is 31.5 Å². The highest BCUT2D eigenvalue weighted by atomic mass is 127. The van der Waals surface area contributed by atoms with E-state index in [-0.39, 0.29) is 5.91 Å². The van der Waals surface area contributed by atoms with E-state index >= 15 is 0 Å². The zero-order chi connectivity index (χ0) is 11.5. The van der Waals surface area contributed by atoms with Crippen LogP contribution in [0.4, 0.5) is 5.69 Å². The van der Waals surface area contributed by atoms with E-state index in [1.807, 2.05) is 4.90 Å². The van der Waals surface area contributed by atoms with Crippen molar-refractivity contribution >= 4 is 34.2 Å². The first kappa shape index (κ1) is 11.9. The minimum absolute atomic E-state index is 0.279. The summed E-state index contributed by atoms with van der Waals surface area (Å²) in [6.45, 7) is 2.96. The number of hydrogen-bond donors (Lipinski definition) is 0. The third kappa shape index (κ3) is 2.39. The van der Waals surface area contributed by atoms with Crippen molar-refractivity contribution in [3.63, 3.8) is 0 Å². The zero-order valence-electron chi connectivity index (χ0n) is 9.50. The van der Waals surface area contributed by atoms with Gasteiger partial charge in [0.15, 0.2) is 0 Å². The summed E-state index contributed by atoms with van der Waals surface area (Å²) in [6, 6.07) is 6.38. The van der Waals surface area contributed by atoms with E-state index in [1.54, 1.807) is 0 Å². The first-order chi connectivity index (χ1) is 7.72. The van der Waals surface area contributed by atoms with Gasteiger partial charge in [0.05, 0.1) is 0 Å². The number of carbonyl (C=O) groups is 1. The van der Waals surface area contributed by atoms with Gasteiger partial charge in [0.2, 0.25) is 5.91 Å². The first-order valence-electron chi connectivity index (χ1n) is 5.81. The van der Waals surface area contributed by atoms with Crippen molar-refractivity contribution in [2.75, 3.05) is 11.4 Å². The lowest BCUT2D eigenvalue weighted by Gasteiger charge is -2.22. The average molecular weight is 329 g/mol. The topological polar surface area (TPSA) is 20.3 Å². The molecule has 0 aromatic heterocycles. The first-order valence-corrected chi connectivity index (χ1v) is 6.89. The maximum absolute atomic E-state index is 12.0. The number of halogens is 1. The number of benzene rings is 1. The molecule has 2 nitrogen and oxygen atoms in total. The molecule has 0 saturated carbocycles. The zero-order valence-corrected chi connectivity index (χ0v) is 11.7. The van der Waals surface area contributed by atoms with Gasteiger partial charge in [-0.05, 0) is 65.6 Å². The number of fused-ring (bicyclic) bond motifs is 1. The number of aryl methyl sites for hydroxylation is 1. The van der Waals surface area contributed by atoms with Crippen molar-refractivity contribution in [2.45, 2.75) is 32.6 Å². The molecular weight excluding hydrogens is 313 g/mol. The number of nitrogens with zero attached hydrogens (tertiary/aromatic N) is 1. The normalized spacial score (nSPS) is 15.9. The highest BCUT2D eigenvalue weighted by Gasteiger charge is 2.21. The molecule has 0 aliphatic carbocycles. The summed E-state index contributed by atoms with van der Waals surface area (Å²) in [6.07, 6.45) is 3.70. The molecule has 0 bridgehead atoms. The molecular formula is C13H16INO. The van der Waals surface area contributed by atoms with Crippen LogP contribution in [0.5, 0.6) is 0 Å². The summed E-state index contributed by atoms with van der Waals surface area (Å²) >= 11 is 2.33. The Hall–Kier alpha value is -0.580. The summed E-state index contributed by atoms with van der Waals surface area (Å²) in [7, 11) is 0. The molecule has 1 aromatic rings. The number of carbonyl (C=O) groups excluding carboxylic acids is 1. The number of rotatable bonds is 2. The standard InChI is InChI=1S/C13H16INO/c1-2-8-15-12-7-6-11(14)9-10(12)4-3-5-13(15)16/h6-7,9H,2-5,8H2,1H3. The summed E-state index contributed by atoms with van der Waals surface area (Å²) in [5, 5.41) is 0. The van der Waals surface area contributed by atoms with Crippen molar-refractivity contribution in [1.29, 1.82) is 0 Å². The Morgan fingerprint density at radius 3 is 2.94 bits per heavy atom. The van der Waals surface area contributed by atoms with Gasteiger partial charge in [-0.1, -0.05) is 6.92 Å². The van der Waals surface area contributed by atoms with E-state index in [1.165, 1.54) is 9.13 Å². The van der Waals surface area contributed by atoms with Crippen LogP contribution in [0.15, 0.2) is 18.2 Å². The SMILES string of the molecule is CCCN1C(=O)CCCc2cc(I)ccc21. The Morgan fingerprint density at radius 2 is 2.19 bits per heavy atom. The van der Waals surface area contributed by atoms with Crippen molar-refractivity contribution in [3.05, 3.63) is 27.3 Å². The lowest BCUT2D eigenvalue weighted by atomic mass is 10.1. The summed E-state index contributed by atoms with van der Waals surface area (Å²) in [4.78, 5) is 13.9. The molecule has 3 heteroatoms. The maximum Gasteiger partial charge on any atom is 0.226 e. The third-order valence-electron chi connectivity index (χ3n) is 2.92. The van der Waals surface area contributed by atoms with Crippen LogP contribution in [0, 0.1) is 3.57 Å². The van der Waals surface area contributed by atoms with Crippen LogP contribution in [-0.4, -0.2) is 12.5 Å². The van der Waals surface area contributed by atoms with Gasteiger partial charge in [-0.25, -0.2) is 0 Å². The fraction of sp³-hybridized carbons (Fsp3) is 0.462. The number of anilines is 1. The number of amides is 1. The molecule has 1 heterocycles. The molecule has 1 aromatic carbocycles. The molecule has 86 valence electrons. The van der Waals surface area contributed by atoms with Gasteiger partial charge in [-0.3, -0.25) is 4.79 Å². The maximum atomic E-state index is 12.0. The molecule has 0 fully saturated rings. The molecule has 1 amide bonds. The fourth-order valence-electron chi connectivity index (χ4n) is 2.19. The van der Waals surface area contributed by atoms with E-state index in [2.05, 4.69) is 47.7 Å². The van der Waals surface area contributed by atoms with Crippen molar-refractivity contribution < 1.29 is 4.79 Å². The van der Waals surface area contributed by atoms with Gasteiger partial charge in [0.25, 0.3) is 0 Å². The van der Waals surface area contributed by atoms with Gasteiger partial charge in [0.1, 0.15) is 0 Å². The third-order valence-corrected chi connectivity index (χ3v) is 3.59. The largest absolute Gasteiger partial charge is 0.312 e. The van der Waals surface area contributed by atoms with Gasteiger partial charge < -0.3 is 4.90 Å². The molecule has 0 N–H and O–H groups in total. The second-order valence-corrected chi connectivity index (χ2v) is 5.42. The summed E-state index contributed by atoms with van der Waals surface area (Å²) < 4.78 is 1.25. The molecule has 0 unspecified atom stereocenters. The molecule has 1 aliphatic heterocycles. The van der Waals surface area contributed by atoms with Crippen molar-refractivity contribution in [3.8, 4) is 0 Å². The van der Waals surface area contributed by atoms with Crippen LogP contribution in [0.3, 0.4) is 0 Å². The van der Waals surface area contributed by atoms with Crippen molar-refractivity contribution in [1.82, 2.24) is 0 Å². The van der Waals surface area contributed by atoms with Gasteiger partial charge in [-0.2, -0.15) is 0 Å². The Labute approximate surface area is 110 Å².